The van der Waals surface area contributed by atoms with Gasteiger partial charge in [-0.1, -0.05) is 20.8 Å². The first kappa shape index (κ1) is 14.4. The van der Waals surface area contributed by atoms with E-state index in [1.165, 1.54) is 0 Å². The minimum Gasteiger partial charge on any atom is -0.481 e. The van der Waals surface area contributed by atoms with Crippen LogP contribution in [0.2, 0.25) is 0 Å². The summed E-state index contributed by atoms with van der Waals surface area (Å²) in [5, 5.41) is 8.66. The number of rotatable bonds is 6. The molecule has 1 aliphatic carbocycles. The molecule has 5 heteroatoms. The topological polar surface area (TPSA) is 57.6 Å². The fourth-order valence-corrected chi connectivity index (χ4v) is 2.20. The Morgan fingerprint density at radius 1 is 1.35 bits per heavy atom. The molecule has 98 valence electrons. The van der Waals surface area contributed by atoms with Gasteiger partial charge in [0.1, 0.15) is 0 Å². The van der Waals surface area contributed by atoms with Crippen molar-refractivity contribution in [1.29, 1.82) is 0 Å². The minimum absolute atomic E-state index is 0.0441. The molecule has 0 radical (unpaired) electrons. The first-order valence-electron chi connectivity index (χ1n) is 5.95. The molecule has 0 aliphatic heterocycles. The van der Waals surface area contributed by atoms with Crippen LogP contribution in [0, 0.1) is 0 Å². The van der Waals surface area contributed by atoms with E-state index in [1.54, 1.807) is 16.7 Å². The summed E-state index contributed by atoms with van der Waals surface area (Å²) in [6.45, 7) is 6.57. The van der Waals surface area contributed by atoms with Crippen molar-refractivity contribution in [3.8, 4) is 0 Å². The summed E-state index contributed by atoms with van der Waals surface area (Å²) in [4.78, 5) is 24.3. The Balaban J connectivity index is 2.41. The molecule has 0 aromatic heterocycles. The zero-order valence-electron chi connectivity index (χ0n) is 10.7. The van der Waals surface area contributed by atoms with E-state index in [2.05, 4.69) is 20.8 Å². The van der Waals surface area contributed by atoms with Crippen molar-refractivity contribution in [3.05, 3.63) is 0 Å². The lowest BCUT2D eigenvalue weighted by Gasteiger charge is -2.24. The van der Waals surface area contributed by atoms with Crippen molar-refractivity contribution in [2.75, 3.05) is 12.3 Å². The highest BCUT2D eigenvalue weighted by molar-refractivity contribution is 8.01. The second kappa shape index (κ2) is 5.76. The molecule has 0 aromatic carbocycles. The number of amides is 1. The lowest BCUT2D eigenvalue weighted by Crippen LogP contribution is -2.36. The largest absolute Gasteiger partial charge is 0.481 e. The molecule has 0 spiro atoms. The van der Waals surface area contributed by atoms with Crippen LogP contribution in [-0.2, 0) is 9.59 Å². The van der Waals surface area contributed by atoms with Crippen LogP contribution >= 0.6 is 11.8 Å². The fourth-order valence-electron chi connectivity index (χ4n) is 1.47. The van der Waals surface area contributed by atoms with Gasteiger partial charge in [0, 0.05) is 17.3 Å². The van der Waals surface area contributed by atoms with Gasteiger partial charge >= 0.3 is 5.97 Å². The van der Waals surface area contributed by atoms with Crippen molar-refractivity contribution in [3.63, 3.8) is 0 Å². The quantitative estimate of drug-likeness (QED) is 0.792. The highest BCUT2D eigenvalue weighted by Gasteiger charge is 2.32. The van der Waals surface area contributed by atoms with Crippen LogP contribution in [0.25, 0.3) is 0 Å². The third kappa shape index (κ3) is 5.96. The summed E-state index contributed by atoms with van der Waals surface area (Å²) in [6.07, 6.45) is 2.08. The molecule has 1 rings (SSSR count). The van der Waals surface area contributed by atoms with Gasteiger partial charge in [0.2, 0.25) is 5.91 Å². The Morgan fingerprint density at radius 3 is 2.35 bits per heavy atom. The Hall–Kier alpha value is -0.710. The first-order chi connectivity index (χ1) is 7.79. The van der Waals surface area contributed by atoms with E-state index in [4.69, 9.17) is 5.11 Å². The Labute approximate surface area is 107 Å². The van der Waals surface area contributed by atoms with E-state index in [9.17, 15) is 9.59 Å². The van der Waals surface area contributed by atoms with E-state index in [-0.39, 0.29) is 17.1 Å². The summed E-state index contributed by atoms with van der Waals surface area (Å²) in [5.74, 6) is -0.319. The average Bonchev–Trinajstić information content (AvgIpc) is 2.97. The first-order valence-corrected chi connectivity index (χ1v) is 6.93. The van der Waals surface area contributed by atoms with Crippen LogP contribution in [0.15, 0.2) is 0 Å². The van der Waals surface area contributed by atoms with Crippen LogP contribution in [0.4, 0.5) is 0 Å². The molecule has 0 saturated heterocycles. The second-order valence-electron chi connectivity index (χ2n) is 5.36. The predicted molar refractivity (Wildman–Crippen MR) is 69.2 cm³/mol. The summed E-state index contributed by atoms with van der Waals surface area (Å²) < 4.78 is 0.0671. The highest BCUT2D eigenvalue weighted by Crippen LogP contribution is 2.29. The highest BCUT2D eigenvalue weighted by atomic mass is 32.2. The van der Waals surface area contributed by atoms with Gasteiger partial charge in [-0.2, -0.15) is 0 Å². The van der Waals surface area contributed by atoms with E-state index in [0.29, 0.717) is 18.3 Å². The summed E-state index contributed by atoms with van der Waals surface area (Å²) in [6, 6.07) is 0.294. The molecule has 0 bridgehead atoms. The molecule has 1 fully saturated rings. The zero-order chi connectivity index (χ0) is 13.1. The van der Waals surface area contributed by atoms with E-state index in [1.807, 2.05) is 0 Å². The van der Waals surface area contributed by atoms with Gasteiger partial charge in [0.15, 0.2) is 0 Å². The van der Waals surface area contributed by atoms with Crippen LogP contribution in [-0.4, -0.2) is 45.0 Å². The number of carbonyl (C=O) groups excluding carboxylic acids is 1. The maximum atomic E-state index is 12.0. The number of hydrogen-bond acceptors (Lipinski definition) is 3. The molecule has 4 nitrogen and oxygen atoms in total. The normalized spacial score (nSPS) is 15.7. The van der Waals surface area contributed by atoms with Crippen LogP contribution in [0.3, 0.4) is 0 Å². The lowest BCUT2D eigenvalue weighted by atomic mass is 10.3. The van der Waals surface area contributed by atoms with Gasteiger partial charge in [-0.15, -0.1) is 11.8 Å². The van der Waals surface area contributed by atoms with E-state index < -0.39 is 5.97 Å². The molecule has 1 amide bonds. The van der Waals surface area contributed by atoms with E-state index in [0.717, 1.165) is 12.8 Å². The van der Waals surface area contributed by atoms with E-state index >= 15 is 0 Å². The standard InChI is InChI=1S/C12H21NO3S/c1-12(2,3)17-8-10(14)13(9-4-5-9)7-6-11(15)16/h9H,4-8H2,1-3H3,(H,15,16). The molecule has 0 heterocycles. The van der Waals surface area contributed by atoms with Crippen molar-refractivity contribution in [1.82, 2.24) is 4.90 Å². The molecular weight excluding hydrogens is 238 g/mol. The van der Waals surface area contributed by atoms with Gasteiger partial charge in [-0.25, -0.2) is 0 Å². The molecule has 1 saturated carbocycles. The number of carboxylic acid groups (broad SMARTS) is 1. The van der Waals surface area contributed by atoms with Gasteiger partial charge in [-0.3, -0.25) is 9.59 Å². The van der Waals surface area contributed by atoms with Crippen LogP contribution in [0.1, 0.15) is 40.0 Å². The van der Waals surface area contributed by atoms with Gasteiger partial charge in [-0.05, 0) is 12.8 Å². The molecule has 0 unspecified atom stereocenters. The number of hydrogen-bond donors (Lipinski definition) is 1. The minimum atomic E-state index is -0.841. The molecule has 1 aliphatic rings. The Kier molecular flexibility index (Phi) is 4.86. The number of nitrogens with zero attached hydrogens (tertiary/aromatic N) is 1. The van der Waals surface area contributed by atoms with Crippen LogP contribution in [0.5, 0.6) is 0 Å². The van der Waals surface area contributed by atoms with Gasteiger partial charge < -0.3 is 10.0 Å². The number of carbonyl (C=O) groups is 2. The Morgan fingerprint density at radius 2 is 1.94 bits per heavy atom. The predicted octanol–water partition coefficient (Wildman–Crippen LogP) is 1.98. The SMILES string of the molecule is CC(C)(C)SCC(=O)N(CCC(=O)O)C1CC1. The van der Waals surface area contributed by atoms with Crippen molar-refractivity contribution in [2.24, 2.45) is 0 Å². The molecule has 17 heavy (non-hydrogen) atoms. The summed E-state index contributed by atoms with van der Waals surface area (Å²) >= 11 is 1.61. The fraction of sp³-hybridized carbons (Fsp3) is 0.833. The number of carboxylic acids is 1. The zero-order valence-corrected chi connectivity index (χ0v) is 11.5. The number of thioether (sulfide) groups is 1. The third-order valence-corrected chi connectivity index (χ3v) is 3.76. The number of aliphatic carboxylic acids is 1. The second-order valence-corrected chi connectivity index (χ2v) is 7.17. The summed E-state index contributed by atoms with van der Waals surface area (Å²) in [7, 11) is 0. The van der Waals surface area contributed by atoms with Crippen LogP contribution < -0.4 is 0 Å². The molecular formula is C12H21NO3S. The Bertz CT molecular complexity index is 295. The smallest absolute Gasteiger partial charge is 0.305 e. The molecule has 0 aromatic rings. The summed E-state index contributed by atoms with van der Waals surface area (Å²) in [5.41, 5.74) is 0. The molecule has 0 atom stereocenters. The third-order valence-electron chi connectivity index (χ3n) is 2.50. The van der Waals surface area contributed by atoms with Gasteiger partial charge in [0.25, 0.3) is 0 Å². The van der Waals surface area contributed by atoms with Gasteiger partial charge in [0.05, 0.1) is 12.2 Å². The van der Waals surface area contributed by atoms with Crippen molar-refractivity contribution < 1.29 is 14.7 Å². The maximum absolute atomic E-state index is 12.0. The monoisotopic (exact) mass is 259 g/mol. The van der Waals surface area contributed by atoms with Crippen molar-refractivity contribution in [2.45, 2.75) is 50.8 Å². The lowest BCUT2D eigenvalue weighted by molar-refractivity contribution is -0.138. The average molecular weight is 259 g/mol. The maximum Gasteiger partial charge on any atom is 0.305 e. The molecule has 1 N–H and O–H groups in total. The van der Waals surface area contributed by atoms with Crippen molar-refractivity contribution >= 4 is 23.6 Å².